The van der Waals surface area contributed by atoms with Gasteiger partial charge in [0.05, 0.1) is 0 Å². The van der Waals surface area contributed by atoms with Gasteiger partial charge in [-0.3, -0.25) is 0 Å². The Hall–Kier alpha value is -2.57. The molecule has 204 valence electrons. The van der Waals surface area contributed by atoms with Gasteiger partial charge in [-0.05, 0) is 91.5 Å². The highest BCUT2D eigenvalue weighted by molar-refractivity contribution is 7.88. The summed E-state index contributed by atoms with van der Waals surface area (Å²) >= 11 is 13.3. The summed E-state index contributed by atoms with van der Waals surface area (Å²) in [4.78, 5) is 0. The molecule has 0 radical (unpaired) electrons. The smallest absolute Gasteiger partial charge is 0.375 e. The molecule has 0 aliphatic rings. The lowest BCUT2D eigenvalue weighted by Gasteiger charge is -2.27. The summed E-state index contributed by atoms with van der Waals surface area (Å²) in [5.41, 5.74) is -2.89. The number of hydrogen-bond donors (Lipinski definition) is 0. The van der Waals surface area contributed by atoms with Crippen molar-refractivity contribution in [3.05, 3.63) is 105 Å². The molecule has 10 heteroatoms. The predicted octanol–water partition coefficient (Wildman–Crippen LogP) is 7.88. The van der Waals surface area contributed by atoms with Gasteiger partial charge in [0.25, 0.3) is 0 Å². The Labute approximate surface area is 237 Å². The van der Waals surface area contributed by atoms with E-state index in [4.69, 9.17) is 27.4 Å². The van der Waals surface area contributed by atoms with Crippen molar-refractivity contribution in [3.63, 3.8) is 0 Å². The quantitative estimate of drug-likeness (QED) is 0.127. The Bertz CT molecular complexity index is 1600. The maximum atomic E-state index is 13.4. The third-order valence-corrected chi connectivity index (χ3v) is 10.9. The van der Waals surface area contributed by atoms with Crippen LogP contribution in [0.4, 0.5) is 13.2 Å². The first kappa shape index (κ1) is 29.4. The molecular weight excluding hydrogens is 587 g/mol. The fraction of sp³-hybridized carbons (Fsp3) is 0.172. The van der Waals surface area contributed by atoms with Crippen LogP contribution >= 0.6 is 31.1 Å². The SMILES string of the molecule is Cc1cc(OS(=O)(=O)C(F)(F)F)c(-c2c(P(c3ccccc3)c3ccccc3)cc(C)c(Cl)c2C)c(C)c1Cl. The van der Waals surface area contributed by atoms with E-state index in [-0.39, 0.29) is 10.6 Å². The molecule has 4 aromatic carbocycles. The van der Waals surface area contributed by atoms with Crippen LogP contribution in [0.1, 0.15) is 22.3 Å². The molecule has 39 heavy (non-hydrogen) atoms. The maximum absolute atomic E-state index is 13.4. The van der Waals surface area contributed by atoms with Gasteiger partial charge in [-0.2, -0.15) is 21.6 Å². The molecule has 0 atom stereocenters. The van der Waals surface area contributed by atoms with Gasteiger partial charge in [0.1, 0.15) is 0 Å². The minimum absolute atomic E-state index is 0.146. The van der Waals surface area contributed by atoms with Gasteiger partial charge in [-0.1, -0.05) is 83.9 Å². The van der Waals surface area contributed by atoms with Crippen LogP contribution in [0.5, 0.6) is 5.75 Å². The molecule has 0 spiro atoms. The molecular formula is C29H24Cl2F3O3PS. The van der Waals surface area contributed by atoms with E-state index < -0.39 is 29.3 Å². The van der Waals surface area contributed by atoms with Crippen molar-refractivity contribution < 1.29 is 25.8 Å². The highest BCUT2D eigenvalue weighted by Gasteiger charge is 2.49. The van der Waals surface area contributed by atoms with E-state index in [2.05, 4.69) is 0 Å². The van der Waals surface area contributed by atoms with Crippen LogP contribution in [0.3, 0.4) is 0 Å². The van der Waals surface area contributed by atoms with E-state index in [1.54, 1.807) is 20.8 Å². The number of rotatable bonds is 6. The van der Waals surface area contributed by atoms with Crippen LogP contribution in [0.25, 0.3) is 11.1 Å². The van der Waals surface area contributed by atoms with Crippen molar-refractivity contribution in [2.45, 2.75) is 33.2 Å². The molecule has 4 rings (SSSR count). The average Bonchev–Trinajstić information content (AvgIpc) is 2.88. The lowest BCUT2D eigenvalue weighted by atomic mass is 9.93. The van der Waals surface area contributed by atoms with Gasteiger partial charge in [0.2, 0.25) is 0 Å². The Morgan fingerprint density at radius 1 is 0.718 bits per heavy atom. The van der Waals surface area contributed by atoms with Crippen molar-refractivity contribution in [1.29, 1.82) is 0 Å². The minimum Gasteiger partial charge on any atom is -0.375 e. The number of hydrogen-bond acceptors (Lipinski definition) is 3. The van der Waals surface area contributed by atoms with Crippen LogP contribution in [0.2, 0.25) is 10.0 Å². The number of alkyl halides is 3. The first-order chi connectivity index (χ1) is 18.2. The molecule has 0 saturated heterocycles. The Morgan fingerprint density at radius 3 is 1.62 bits per heavy atom. The average molecular weight is 611 g/mol. The molecule has 0 amide bonds. The molecule has 0 aromatic heterocycles. The number of halogens is 5. The van der Waals surface area contributed by atoms with E-state index in [1.807, 2.05) is 73.7 Å². The lowest BCUT2D eigenvalue weighted by Crippen LogP contribution is -2.28. The fourth-order valence-electron chi connectivity index (χ4n) is 4.48. The topological polar surface area (TPSA) is 43.4 Å². The summed E-state index contributed by atoms with van der Waals surface area (Å²) in [6.07, 6.45) is 0. The highest BCUT2D eigenvalue weighted by Crippen LogP contribution is 2.47. The zero-order valence-electron chi connectivity index (χ0n) is 21.4. The molecule has 0 N–H and O–H groups in total. The van der Waals surface area contributed by atoms with E-state index in [9.17, 15) is 21.6 Å². The van der Waals surface area contributed by atoms with Crippen molar-refractivity contribution in [1.82, 2.24) is 0 Å². The van der Waals surface area contributed by atoms with Crippen LogP contribution in [0, 0.1) is 27.7 Å². The number of benzene rings is 4. The van der Waals surface area contributed by atoms with E-state index in [0.29, 0.717) is 27.3 Å². The molecule has 0 heterocycles. The summed E-state index contributed by atoms with van der Waals surface area (Å²) < 4.78 is 69.4. The second kappa shape index (κ2) is 11.1. The molecule has 0 bridgehead atoms. The van der Waals surface area contributed by atoms with Gasteiger partial charge in [-0.25, -0.2) is 0 Å². The van der Waals surface area contributed by atoms with Gasteiger partial charge in [0.15, 0.2) is 5.75 Å². The Morgan fingerprint density at radius 2 is 1.15 bits per heavy atom. The van der Waals surface area contributed by atoms with Crippen molar-refractivity contribution >= 4 is 57.2 Å². The second-order valence-electron chi connectivity index (χ2n) is 9.02. The molecule has 4 aromatic rings. The summed E-state index contributed by atoms with van der Waals surface area (Å²) in [7, 11) is -7.23. The van der Waals surface area contributed by atoms with Crippen molar-refractivity contribution in [3.8, 4) is 16.9 Å². The summed E-state index contributed by atoms with van der Waals surface area (Å²) in [6.45, 7) is 6.81. The third-order valence-electron chi connectivity index (χ3n) is 6.31. The molecule has 0 fully saturated rings. The summed E-state index contributed by atoms with van der Waals surface area (Å²) in [5, 5.41) is 3.45. The normalized spacial score (nSPS) is 12.2. The van der Waals surface area contributed by atoms with Gasteiger partial charge in [-0.15, -0.1) is 0 Å². The third kappa shape index (κ3) is 5.69. The standard InChI is InChI=1S/C29H24Cl2F3O3PS/c1-17-15-23(37-39(35,36)29(32,33)34)25(19(3)27(17)30)26-20(4)28(31)18(2)16-24(26)38(21-11-7-5-8-12-21)22-13-9-6-10-14-22/h5-16H,1-4H3. The van der Waals surface area contributed by atoms with E-state index in [0.717, 1.165) is 21.5 Å². The monoisotopic (exact) mass is 610 g/mol. The zero-order chi connectivity index (χ0) is 28.7. The first-order valence-electron chi connectivity index (χ1n) is 11.8. The minimum atomic E-state index is -5.97. The van der Waals surface area contributed by atoms with Crippen molar-refractivity contribution in [2.75, 3.05) is 0 Å². The predicted molar refractivity (Wildman–Crippen MR) is 155 cm³/mol. The van der Waals surface area contributed by atoms with Crippen LogP contribution in [-0.4, -0.2) is 13.9 Å². The summed E-state index contributed by atoms with van der Waals surface area (Å²) in [6, 6.07) is 22.6. The molecule has 0 aliphatic heterocycles. The lowest BCUT2D eigenvalue weighted by molar-refractivity contribution is -0.0499. The van der Waals surface area contributed by atoms with Crippen molar-refractivity contribution in [2.24, 2.45) is 0 Å². The van der Waals surface area contributed by atoms with Gasteiger partial charge >= 0.3 is 15.6 Å². The van der Waals surface area contributed by atoms with E-state index >= 15 is 0 Å². The van der Waals surface area contributed by atoms with Gasteiger partial charge < -0.3 is 4.18 Å². The van der Waals surface area contributed by atoms with Crippen LogP contribution in [0.15, 0.2) is 72.8 Å². The maximum Gasteiger partial charge on any atom is 0.534 e. The highest BCUT2D eigenvalue weighted by atomic mass is 35.5. The fourth-order valence-corrected chi connectivity index (χ4v) is 7.86. The second-order valence-corrected chi connectivity index (χ2v) is 13.5. The Balaban J connectivity index is 2.15. The van der Waals surface area contributed by atoms with E-state index in [1.165, 1.54) is 6.07 Å². The van der Waals surface area contributed by atoms with Crippen LogP contribution < -0.4 is 20.1 Å². The van der Waals surface area contributed by atoms with Gasteiger partial charge in [0, 0.05) is 15.6 Å². The molecule has 0 saturated carbocycles. The molecule has 0 aliphatic carbocycles. The Kier molecular flexibility index (Phi) is 8.39. The number of aryl methyl sites for hydroxylation is 2. The largest absolute Gasteiger partial charge is 0.534 e. The summed E-state index contributed by atoms with van der Waals surface area (Å²) in [5.74, 6) is -0.466. The zero-order valence-corrected chi connectivity index (χ0v) is 24.6. The molecule has 0 unspecified atom stereocenters. The first-order valence-corrected chi connectivity index (χ1v) is 15.3. The van der Waals surface area contributed by atoms with Crippen LogP contribution in [-0.2, 0) is 10.1 Å². The molecule has 3 nitrogen and oxygen atoms in total.